The Hall–Kier alpha value is -2.85. The number of esters is 1. The number of Topliss-reactive ketones (excluding diaryl/α,β-unsaturated/α-hetero) is 1. The van der Waals surface area contributed by atoms with Crippen molar-refractivity contribution in [1.82, 2.24) is 0 Å². The van der Waals surface area contributed by atoms with Crippen LogP contribution in [0, 0.1) is 11.3 Å². The molecule has 0 bridgehead atoms. The Morgan fingerprint density at radius 1 is 1.41 bits per heavy atom. The second-order valence-corrected chi connectivity index (χ2v) is 4.37. The summed E-state index contributed by atoms with van der Waals surface area (Å²) >= 11 is 0. The molecule has 0 atom stereocenters. The quantitative estimate of drug-likeness (QED) is 0.382. The highest BCUT2D eigenvalue weighted by Gasteiger charge is 2.17. The van der Waals surface area contributed by atoms with Gasteiger partial charge in [-0.2, -0.15) is 5.26 Å². The molecule has 1 rings (SSSR count). The van der Waals surface area contributed by atoms with Crippen LogP contribution >= 0.6 is 0 Å². The minimum Gasteiger partial charge on any atom is -0.454 e. The van der Waals surface area contributed by atoms with E-state index in [0.29, 0.717) is 5.69 Å². The number of para-hydroxylation sites is 1. The number of hydrogen-bond donors (Lipinski definition) is 3. The third kappa shape index (κ3) is 4.61. The number of carbonyl (C=O) groups is 2. The fourth-order valence-electron chi connectivity index (χ4n) is 1.66. The number of benzene rings is 1. The van der Waals surface area contributed by atoms with Crippen LogP contribution in [-0.4, -0.2) is 36.6 Å². The Morgan fingerprint density at radius 3 is 2.68 bits per heavy atom. The van der Waals surface area contributed by atoms with Crippen LogP contribution in [0.2, 0.25) is 0 Å². The van der Waals surface area contributed by atoms with Gasteiger partial charge in [-0.25, -0.2) is 4.79 Å². The van der Waals surface area contributed by atoms with E-state index in [0.717, 1.165) is 0 Å². The zero-order valence-corrected chi connectivity index (χ0v) is 12.1. The summed E-state index contributed by atoms with van der Waals surface area (Å²) in [5.41, 5.74) is 5.98. The lowest BCUT2D eigenvalue weighted by Crippen LogP contribution is -2.18. The lowest BCUT2D eigenvalue weighted by molar-refractivity contribution is -0.118. The molecule has 0 aromatic heterocycles. The van der Waals surface area contributed by atoms with Gasteiger partial charge in [0, 0.05) is 17.9 Å². The zero-order chi connectivity index (χ0) is 16.5. The van der Waals surface area contributed by atoms with Gasteiger partial charge in [-0.05, 0) is 19.1 Å². The number of aliphatic hydroxyl groups is 1. The molecule has 4 N–H and O–H groups in total. The minimum absolute atomic E-state index is 0.0774. The van der Waals surface area contributed by atoms with Crippen LogP contribution in [0.3, 0.4) is 0 Å². The van der Waals surface area contributed by atoms with Crippen LogP contribution in [0.15, 0.2) is 35.5 Å². The Balaban J connectivity index is 2.77. The standard InChI is InChI=1S/C15H17N3O4/c1-10(17)12(8-16)14(20)9-22-15(21)11-4-2-3-5-13(11)18-6-7-19/h2-5,18-19H,6-7,9,17H2,1H3/b12-10+. The van der Waals surface area contributed by atoms with E-state index < -0.39 is 18.4 Å². The van der Waals surface area contributed by atoms with Crippen molar-refractivity contribution in [2.45, 2.75) is 6.92 Å². The van der Waals surface area contributed by atoms with Gasteiger partial charge < -0.3 is 20.9 Å². The topological polar surface area (TPSA) is 125 Å². The summed E-state index contributed by atoms with van der Waals surface area (Å²) in [6.07, 6.45) is 0. The molecule has 0 saturated heterocycles. The van der Waals surface area contributed by atoms with Crippen LogP contribution < -0.4 is 11.1 Å². The van der Waals surface area contributed by atoms with Crippen LogP contribution in [0.25, 0.3) is 0 Å². The minimum atomic E-state index is -0.707. The lowest BCUT2D eigenvalue weighted by Gasteiger charge is -2.10. The Bertz CT molecular complexity index is 628. The summed E-state index contributed by atoms with van der Waals surface area (Å²) in [4.78, 5) is 23.7. The first-order valence-electron chi connectivity index (χ1n) is 6.51. The van der Waals surface area contributed by atoms with Crippen molar-refractivity contribution >= 4 is 17.4 Å². The second kappa shape index (κ2) is 8.44. The van der Waals surface area contributed by atoms with Gasteiger partial charge in [0.15, 0.2) is 6.61 Å². The molecule has 0 amide bonds. The number of hydrogen-bond acceptors (Lipinski definition) is 7. The highest BCUT2D eigenvalue weighted by Crippen LogP contribution is 2.16. The third-order valence-electron chi connectivity index (χ3n) is 2.69. The Morgan fingerprint density at radius 2 is 2.09 bits per heavy atom. The number of nitrogens with one attached hydrogen (secondary N) is 1. The maximum absolute atomic E-state index is 12.0. The second-order valence-electron chi connectivity index (χ2n) is 4.37. The smallest absolute Gasteiger partial charge is 0.340 e. The first-order valence-corrected chi connectivity index (χ1v) is 6.51. The molecule has 0 fully saturated rings. The SMILES string of the molecule is C/C(N)=C(/C#N)C(=O)COC(=O)c1ccccc1NCCO. The van der Waals surface area contributed by atoms with Gasteiger partial charge >= 0.3 is 5.97 Å². The number of nitrogens with zero attached hydrogens (tertiary/aromatic N) is 1. The number of nitriles is 1. The molecule has 1 aromatic carbocycles. The van der Waals surface area contributed by atoms with E-state index >= 15 is 0 Å². The van der Waals surface area contributed by atoms with E-state index in [4.69, 9.17) is 20.8 Å². The summed E-state index contributed by atoms with van der Waals surface area (Å²) in [6.45, 7) is 1.04. The van der Waals surface area contributed by atoms with Gasteiger partial charge in [0.25, 0.3) is 0 Å². The first-order chi connectivity index (χ1) is 10.5. The van der Waals surface area contributed by atoms with E-state index in [-0.39, 0.29) is 30.0 Å². The summed E-state index contributed by atoms with van der Waals surface area (Å²) in [5, 5.41) is 20.5. The molecule has 0 unspecified atom stereocenters. The summed E-state index contributed by atoms with van der Waals surface area (Å²) in [7, 11) is 0. The summed E-state index contributed by atoms with van der Waals surface area (Å²) in [5.74, 6) is -1.36. The molecule has 22 heavy (non-hydrogen) atoms. The highest BCUT2D eigenvalue weighted by molar-refractivity contribution is 6.03. The molecule has 0 spiro atoms. The fraction of sp³-hybridized carbons (Fsp3) is 0.267. The van der Waals surface area contributed by atoms with Crippen molar-refractivity contribution in [1.29, 1.82) is 5.26 Å². The Kier molecular flexibility index (Phi) is 6.60. The average molecular weight is 303 g/mol. The maximum Gasteiger partial charge on any atom is 0.340 e. The van der Waals surface area contributed by atoms with Gasteiger partial charge in [0.05, 0.1) is 12.2 Å². The van der Waals surface area contributed by atoms with Crippen LogP contribution in [0.5, 0.6) is 0 Å². The number of allylic oxidation sites excluding steroid dienone is 1. The maximum atomic E-state index is 12.0. The van der Waals surface area contributed by atoms with Crippen molar-refractivity contribution in [3.05, 3.63) is 41.1 Å². The molecule has 7 heteroatoms. The molecule has 0 aliphatic rings. The van der Waals surface area contributed by atoms with E-state index in [2.05, 4.69) is 5.32 Å². The van der Waals surface area contributed by atoms with Crippen LogP contribution in [0.4, 0.5) is 5.69 Å². The molecule has 116 valence electrons. The molecule has 0 heterocycles. The van der Waals surface area contributed by atoms with E-state index in [9.17, 15) is 9.59 Å². The summed E-state index contributed by atoms with van der Waals surface area (Å²) < 4.78 is 4.91. The predicted molar refractivity (Wildman–Crippen MR) is 79.8 cm³/mol. The molecule has 0 aliphatic heterocycles. The van der Waals surface area contributed by atoms with E-state index in [1.165, 1.54) is 13.0 Å². The molecular formula is C15H17N3O4. The molecular weight excluding hydrogens is 286 g/mol. The number of nitrogens with two attached hydrogens (primary N) is 1. The molecule has 7 nitrogen and oxygen atoms in total. The molecule has 0 saturated carbocycles. The number of aliphatic hydroxyl groups excluding tert-OH is 1. The third-order valence-corrected chi connectivity index (χ3v) is 2.69. The van der Waals surface area contributed by atoms with Gasteiger partial charge in [0.1, 0.15) is 11.6 Å². The van der Waals surface area contributed by atoms with Crippen molar-refractivity contribution in [3.63, 3.8) is 0 Å². The monoisotopic (exact) mass is 303 g/mol. The normalized spacial score (nSPS) is 11.1. The van der Waals surface area contributed by atoms with Crippen molar-refractivity contribution in [2.24, 2.45) is 5.73 Å². The van der Waals surface area contributed by atoms with E-state index in [1.54, 1.807) is 24.3 Å². The lowest BCUT2D eigenvalue weighted by atomic mass is 10.1. The van der Waals surface area contributed by atoms with Crippen molar-refractivity contribution in [3.8, 4) is 6.07 Å². The number of ether oxygens (including phenoxy) is 1. The molecule has 0 aliphatic carbocycles. The largest absolute Gasteiger partial charge is 0.454 e. The number of carbonyl (C=O) groups excluding carboxylic acids is 2. The molecule has 0 radical (unpaired) electrons. The Labute approximate surface area is 128 Å². The number of ketones is 1. The van der Waals surface area contributed by atoms with Crippen LogP contribution in [0.1, 0.15) is 17.3 Å². The average Bonchev–Trinajstić information content (AvgIpc) is 2.51. The summed E-state index contributed by atoms with van der Waals surface area (Å²) in [6, 6.07) is 8.22. The van der Waals surface area contributed by atoms with Gasteiger partial charge in [-0.1, -0.05) is 12.1 Å². The van der Waals surface area contributed by atoms with Gasteiger partial charge in [0.2, 0.25) is 5.78 Å². The number of rotatable bonds is 7. The highest BCUT2D eigenvalue weighted by atomic mass is 16.5. The number of anilines is 1. The van der Waals surface area contributed by atoms with Crippen LogP contribution in [-0.2, 0) is 9.53 Å². The van der Waals surface area contributed by atoms with Crippen molar-refractivity contribution in [2.75, 3.05) is 25.1 Å². The zero-order valence-electron chi connectivity index (χ0n) is 12.1. The molecule has 1 aromatic rings. The van der Waals surface area contributed by atoms with Gasteiger partial charge in [-0.3, -0.25) is 4.79 Å². The van der Waals surface area contributed by atoms with E-state index in [1.807, 2.05) is 0 Å². The van der Waals surface area contributed by atoms with Crippen molar-refractivity contribution < 1.29 is 19.4 Å². The first kappa shape index (κ1) is 17.2. The fourth-order valence-corrected chi connectivity index (χ4v) is 1.66. The van der Waals surface area contributed by atoms with Gasteiger partial charge in [-0.15, -0.1) is 0 Å². The predicted octanol–water partition coefficient (Wildman–Crippen LogP) is 0.573.